The lowest BCUT2D eigenvalue weighted by atomic mass is 10.2. The monoisotopic (exact) mass is 552 g/mol. The fourth-order valence-corrected chi connectivity index (χ4v) is 4.97. The summed E-state index contributed by atoms with van der Waals surface area (Å²) < 4.78 is 6.94. The number of amides is 2. The number of thioether (sulfide) groups is 1. The summed E-state index contributed by atoms with van der Waals surface area (Å²) in [5.74, 6) is 0.154. The predicted octanol–water partition coefficient (Wildman–Crippen LogP) is 5.92. The second-order valence-corrected chi connectivity index (χ2v) is 8.81. The molecule has 2 aromatic carbocycles. The third-order valence-corrected chi connectivity index (χ3v) is 6.09. The van der Waals surface area contributed by atoms with Crippen LogP contribution in [0, 0.1) is 10.1 Å². The Bertz CT molecular complexity index is 1060. The minimum atomic E-state index is -0.518. The number of nitro groups is 1. The van der Waals surface area contributed by atoms with Gasteiger partial charge in [-0.25, -0.2) is 0 Å². The van der Waals surface area contributed by atoms with E-state index in [1.807, 2.05) is 0 Å². The van der Waals surface area contributed by atoms with Gasteiger partial charge in [0.25, 0.3) is 16.8 Å². The van der Waals surface area contributed by atoms with Gasteiger partial charge in [0.15, 0.2) is 0 Å². The van der Waals surface area contributed by atoms with Gasteiger partial charge in [-0.1, -0.05) is 24.8 Å². The molecular weight excluding hydrogens is 540 g/mol. The highest BCUT2D eigenvalue weighted by Gasteiger charge is 2.35. The van der Waals surface area contributed by atoms with Gasteiger partial charge in [-0.3, -0.25) is 24.6 Å². The van der Waals surface area contributed by atoms with Crippen LogP contribution in [0.15, 0.2) is 62.9 Å². The van der Waals surface area contributed by atoms with Gasteiger partial charge < -0.3 is 4.74 Å². The number of non-ortho nitro benzene ring substituents is 1. The smallest absolute Gasteiger partial charge is 0.293 e. The maximum absolute atomic E-state index is 12.7. The molecule has 3 rings (SSSR count). The summed E-state index contributed by atoms with van der Waals surface area (Å²) in [5.41, 5.74) is 1.10. The lowest BCUT2D eigenvalue weighted by Gasteiger charge is -2.12. The van der Waals surface area contributed by atoms with E-state index in [-0.39, 0.29) is 17.1 Å². The van der Waals surface area contributed by atoms with Gasteiger partial charge in [0.05, 0.1) is 25.3 Å². The van der Waals surface area contributed by atoms with Crippen molar-refractivity contribution in [3.63, 3.8) is 0 Å². The van der Waals surface area contributed by atoms with Gasteiger partial charge in [-0.2, -0.15) is 0 Å². The zero-order valence-corrected chi connectivity index (χ0v) is 19.3. The summed E-state index contributed by atoms with van der Waals surface area (Å²) in [5, 5.41) is 10.5. The molecule has 0 spiro atoms. The number of rotatable bonds is 7. The molecule has 0 aliphatic carbocycles. The molecule has 2 aromatic rings. The quantitative estimate of drug-likeness (QED) is 0.183. The first-order chi connectivity index (χ1) is 14.3. The van der Waals surface area contributed by atoms with Crippen molar-refractivity contribution in [3.8, 4) is 5.75 Å². The minimum Gasteiger partial charge on any atom is -0.487 e. The summed E-state index contributed by atoms with van der Waals surface area (Å²) >= 11 is 7.70. The molecule has 0 saturated carbocycles. The zero-order valence-electron chi connectivity index (χ0n) is 15.3. The third-order valence-electron chi connectivity index (χ3n) is 4.00. The van der Waals surface area contributed by atoms with Crippen LogP contribution in [0.25, 0.3) is 6.08 Å². The van der Waals surface area contributed by atoms with E-state index in [2.05, 4.69) is 38.4 Å². The van der Waals surface area contributed by atoms with Crippen molar-refractivity contribution in [1.29, 1.82) is 0 Å². The Hall–Kier alpha value is -2.43. The molecule has 1 aliphatic rings. The fourth-order valence-electron chi connectivity index (χ4n) is 2.68. The van der Waals surface area contributed by atoms with E-state index >= 15 is 0 Å². The predicted molar refractivity (Wildman–Crippen MR) is 122 cm³/mol. The SMILES string of the molecule is C=CCOc1c(Br)cc(/C=C2/SC(=O)N(Cc3cccc([N+](=O)[O-])c3)C2=O)cc1Br. The Balaban J connectivity index is 1.82. The van der Waals surface area contributed by atoms with Crippen LogP contribution >= 0.6 is 43.6 Å². The molecule has 10 heteroatoms. The minimum absolute atomic E-state index is 0.0363. The van der Waals surface area contributed by atoms with Crippen LogP contribution < -0.4 is 4.74 Å². The van der Waals surface area contributed by atoms with Crippen molar-refractivity contribution in [2.45, 2.75) is 6.54 Å². The number of benzene rings is 2. The van der Waals surface area contributed by atoms with Crippen LogP contribution in [0.1, 0.15) is 11.1 Å². The summed E-state index contributed by atoms with van der Waals surface area (Å²) in [7, 11) is 0. The first-order valence-corrected chi connectivity index (χ1v) is 10.9. The highest BCUT2D eigenvalue weighted by atomic mass is 79.9. The Morgan fingerprint density at radius 1 is 1.20 bits per heavy atom. The van der Waals surface area contributed by atoms with E-state index in [0.717, 1.165) is 16.7 Å². The van der Waals surface area contributed by atoms with Crippen LogP contribution in [0.5, 0.6) is 5.75 Å². The Labute approximate surface area is 193 Å². The van der Waals surface area contributed by atoms with Gasteiger partial charge in [0.1, 0.15) is 12.4 Å². The average molecular weight is 554 g/mol. The number of hydrogen-bond acceptors (Lipinski definition) is 6. The lowest BCUT2D eigenvalue weighted by molar-refractivity contribution is -0.384. The normalized spacial score (nSPS) is 15.0. The van der Waals surface area contributed by atoms with Crippen LogP contribution in [-0.2, 0) is 11.3 Å². The van der Waals surface area contributed by atoms with E-state index in [1.165, 1.54) is 18.2 Å². The lowest BCUT2D eigenvalue weighted by Crippen LogP contribution is -2.27. The zero-order chi connectivity index (χ0) is 21.8. The second-order valence-electron chi connectivity index (χ2n) is 6.11. The standard InChI is InChI=1S/C20H14Br2N2O5S/c1-2-6-29-18-15(21)8-13(9-16(18)22)10-17-19(25)23(20(26)30-17)11-12-4-3-5-14(7-12)24(27)28/h2-5,7-10H,1,6,11H2/b17-10+. The summed E-state index contributed by atoms with van der Waals surface area (Å²) in [4.78, 5) is 36.9. The van der Waals surface area contributed by atoms with Crippen LogP contribution in [0.3, 0.4) is 0 Å². The molecule has 30 heavy (non-hydrogen) atoms. The Kier molecular flexibility index (Phi) is 7.11. The molecule has 1 heterocycles. The molecule has 1 fully saturated rings. The molecule has 0 atom stereocenters. The van der Waals surface area contributed by atoms with E-state index < -0.39 is 16.1 Å². The molecule has 7 nitrogen and oxygen atoms in total. The molecule has 0 N–H and O–H groups in total. The molecule has 0 bridgehead atoms. The maximum Gasteiger partial charge on any atom is 0.293 e. The topological polar surface area (TPSA) is 89.8 Å². The van der Waals surface area contributed by atoms with E-state index in [0.29, 0.717) is 32.4 Å². The highest BCUT2D eigenvalue weighted by molar-refractivity contribution is 9.11. The van der Waals surface area contributed by atoms with Crippen LogP contribution in [0.2, 0.25) is 0 Å². The van der Waals surface area contributed by atoms with Gasteiger partial charge in [0.2, 0.25) is 0 Å². The van der Waals surface area contributed by atoms with Gasteiger partial charge in [-0.15, -0.1) is 0 Å². The van der Waals surface area contributed by atoms with Gasteiger partial charge in [0, 0.05) is 12.1 Å². The average Bonchev–Trinajstić information content (AvgIpc) is 2.95. The van der Waals surface area contributed by atoms with E-state index in [4.69, 9.17) is 4.74 Å². The molecule has 1 saturated heterocycles. The molecular formula is C20H14Br2N2O5S. The van der Waals surface area contributed by atoms with Crippen molar-refractivity contribution in [1.82, 2.24) is 4.90 Å². The molecule has 2 amide bonds. The Morgan fingerprint density at radius 3 is 2.53 bits per heavy atom. The number of nitrogens with zero attached hydrogens (tertiary/aromatic N) is 2. The van der Waals surface area contributed by atoms with Crippen LogP contribution in [-0.4, -0.2) is 27.6 Å². The number of ether oxygens (including phenoxy) is 1. The van der Waals surface area contributed by atoms with Crippen molar-refractivity contribution in [2.75, 3.05) is 6.61 Å². The number of carbonyl (C=O) groups excluding carboxylic acids is 2. The second kappa shape index (κ2) is 9.59. The molecule has 0 radical (unpaired) electrons. The number of nitro benzene ring substituents is 1. The molecule has 0 aromatic heterocycles. The van der Waals surface area contributed by atoms with Gasteiger partial charge in [-0.05, 0) is 73.0 Å². The molecule has 0 unspecified atom stereocenters. The summed E-state index contributed by atoms with van der Waals surface area (Å²) in [6.45, 7) is 3.92. The number of halogens is 2. The number of carbonyl (C=O) groups is 2. The van der Waals surface area contributed by atoms with Crippen LogP contribution in [0.4, 0.5) is 10.5 Å². The third kappa shape index (κ3) is 5.00. The van der Waals surface area contributed by atoms with E-state index in [1.54, 1.807) is 30.4 Å². The molecule has 154 valence electrons. The molecule has 1 aliphatic heterocycles. The summed E-state index contributed by atoms with van der Waals surface area (Å²) in [6.07, 6.45) is 3.25. The van der Waals surface area contributed by atoms with Crippen molar-refractivity contribution < 1.29 is 19.2 Å². The maximum atomic E-state index is 12.7. The van der Waals surface area contributed by atoms with Crippen molar-refractivity contribution in [2.24, 2.45) is 0 Å². The fraction of sp³-hybridized carbons (Fsp3) is 0.100. The summed E-state index contributed by atoms with van der Waals surface area (Å²) in [6, 6.07) is 9.41. The number of hydrogen-bond donors (Lipinski definition) is 0. The Morgan fingerprint density at radius 2 is 1.90 bits per heavy atom. The van der Waals surface area contributed by atoms with E-state index in [9.17, 15) is 19.7 Å². The first kappa shape index (κ1) is 22.3. The van der Waals surface area contributed by atoms with Crippen molar-refractivity contribution in [3.05, 3.63) is 84.1 Å². The first-order valence-electron chi connectivity index (χ1n) is 8.51. The highest BCUT2D eigenvalue weighted by Crippen LogP contribution is 2.38. The van der Waals surface area contributed by atoms with Crippen molar-refractivity contribution >= 4 is 66.5 Å². The number of imide groups is 1. The largest absolute Gasteiger partial charge is 0.487 e. The van der Waals surface area contributed by atoms with Gasteiger partial charge >= 0.3 is 0 Å².